The van der Waals surface area contributed by atoms with Crippen LogP contribution in [0.15, 0.2) is 75.9 Å². The lowest BCUT2D eigenvalue weighted by Crippen LogP contribution is -2.41. The third-order valence-electron chi connectivity index (χ3n) is 8.47. The molecular weight excluding hydrogens is 572 g/mol. The number of amides is 1. The molecule has 1 aliphatic heterocycles. The Morgan fingerprint density at radius 2 is 1.56 bits per heavy atom. The third-order valence-corrected chi connectivity index (χ3v) is 8.47. The SMILES string of the molecule is COc1cc(/C=C2\CN(C(=O)c3cc(/C=C/C4C(C)=CCCC4(C)C)on3)C/C(=C\c3ccc(O)c(OC)c3)C2=O)ccc1O. The van der Waals surface area contributed by atoms with Crippen LogP contribution >= 0.6 is 0 Å². The first-order chi connectivity index (χ1) is 21.5. The van der Waals surface area contributed by atoms with Crippen LogP contribution in [-0.4, -0.2) is 59.3 Å². The molecule has 2 aromatic carbocycles. The van der Waals surface area contributed by atoms with Crippen molar-refractivity contribution in [1.82, 2.24) is 10.1 Å². The number of phenolic OH excluding ortho intramolecular Hbond substituents is 2. The van der Waals surface area contributed by atoms with Crippen LogP contribution in [-0.2, 0) is 4.79 Å². The molecule has 234 valence electrons. The molecule has 0 spiro atoms. The van der Waals surface area contributed by atoms with Crippen LogP contribution in [0.4, 0.5) is 0 Å². The summed E-state index contributed by atoms with van der Waals surface area (Å²) in [5.41, 5.74) is 3.54. The van der Waals surface area contributed by atoms with Crippen LogP contribution in [0.1, 0.15) is 61.0 Å². The van der Waals surface area contributed by atoms with Crippen LogP contribution in [0.2, 0.25) is 0 Å². The highest BCUT2D eigenvalue weighted by Gasteiger charge is 2.32. The molecule has 9 heteroatoms. The number of Topliss-reactive ketones (excluding diaryl/α,β-unsaturated/α-hetero) is 1. The first-order valence-electron chi connectivity index (χ1n) is 14.8. The number of carbonyl (C=O) groups is 2. The molecule has 5 rings (SSSR count). The highest BCUT2D eigenvalue weighted by molar-refractivity contribution is 6.15. The van der Waals surface area contributed by atoms with Gasteiger partial charge in [0.15, 0.2) is 40.2 Å². The fourth-order valence-electron chi connectivity index (χ4n) is 5.96. The van der Waals surface area contributed by atoms with Crippen molar-refractivity contribution < 1.29 is 33.8 Å². The van der Waals surface area contributed by atoms with Crippen molar-refractivity contribution in [2.45, 2.75) is 33.6 Å². The van der Waals surface area contributed by atoms with Crippen molar-refractivity contribution in [3.63, 3.8) is 0 Å². The van der Waals surface area contributed by atoms with Gasteiger partial charge < -0.3 is 29.1 Å². The zero-order chi connectivity index (χ0) is 32.3. The Kier molecular flexibility index (Phi) is 8.99. The molecule has 1 aromatic heterocycles. The van der Waals surface area contributed by atoms with E-state index in [1.807, 2.05) is 6.08 Å². The van der Waals surface area contributed by atoms with Gasteiger partial charge in [0, 0.05) is 23.1 Å². The molecule has 1 aliphatic carbocycles. The minimum absolute atomic E-state index is 0.0255. The van der Waals surface area contributed by atoms with Crippen LogP contribution in [0.25, 0.3) is 18.2 Å². The number of aromatic hydroxyl groups is 2. The van der Waals surface area contributed by atoms with E-state index in [2.05, 4.69) is 38.1 Å². The number of aromatic nitrogens is 1. The van der Waals surface area contributed by atoms with E-state index in [4.69, 9.17) is 14.0 Å². The quantitative estimate of drug-likeness (QED) is 0.224. The fourth-order valence-corrected chi connectivity index (χ4v) is 5.96. The Balaban J connectivity index is 1.46. The van der Waals surface area contributed by atoms with Gasteiger partial charge in [-0.3, -0.25) is 9.59 Å². The molecule has 2 N–H and O–H groups in total. The zero-order valence-electron chi connectivity index (χ0n) is 26.2. The molecule has 1 amide bonds. The normalized spacial score (nSPS) is 20.1. The fraction of sp³-hybridized carbons (Fsp3) is 0.306. The van der Waals surface area contributed by atoms with E-state index in [9.17, 15) is 19.8 Å². The lowest BCUT2D eigenvalue weighted by molar-refractivity contribution is -0.113. The maximum absolute atomic E-state index is 13.8. The second-order valence-corrected chi connectivity index (χ2v) is 12.1. The number of hydrogen-bond donors (Lipinski definition) is 2. The van der Waals surface area contributed by atoms with Gasteiger partial charge in [0.2, 0.25) is 0 Å². The summed E-state index contributed by atoms with van der Waals surface area (Å²) in [6.07, 6.45) is 11.8. The molecule has 1 atom stereocenters. The first-order valence-corrected chi connectivity index (χ1v) is 14.8. The third kappa shape index (κ3) is 6.87. The molecule has 0 saturated carbocycles. The summed E-state index contributed by atoms with van der Waals surface area (Å²) in [4.78, 5) is 29.0. The molecule has 0 radical (unpaired) electrons. The largest absolute Gasteiger partial charge is 0.504 e. The Hall–Kier alpha value is -5.05. The number of benzene rings is 2. The summed E-state index contributed by atoms with van der Waals surface area (Å²) in [6.45, 7) is 6.72. The standard InChI is InChI=1S/C36H38N2O7/c1-22-7-6-14-36(2,3)28(22)11-10-27-19-29(37-45-27)35(42)38-20-25(15-23-8-12-30(39)32(17-23)43-4)34(41)26(21-38)16-24-9-13-31(40)33(18-24)44-5/h7-13,15-19,28,39-40H,6,14,20-21H2,1-5H3/b11-10+,25-15+,26-16+. The number of nitrogens with zero attached hydrogens (tertiary/aromatic N) is 2. The zero-order valence-corrected chi connectivity index (χ0v) is 26.2. The lowest BCUT2D eigenvalue weighted by Gasteiger charge is -2.36. The number of phenols is 2. The Bertz CT molecular complexity index is 1670. The molecule has 0 bridgehead atoms. The number of piperidine rings is 1. The molecular formula is C36H38N2O7. The Morgan fingerprint density at radius 3 is 2.09 bits per heavy atom. The number of rotatable bonds is 7. The van der Waals surface area contributed by atoms with Crippen molar-refractivity contribution in [3.05, 3.63) is 93.9 Å². The van der Waals surface area contributed by atoms with Crippen LogP contribution in [0.5, 0.6) is 23.0 Å². The molecule has 9 nitrogen and oxygen atoms in total. The topological polar surface area (TPSA) is 122 Å². The van der Waals surface area contributed by atoms with E-state index in [1.54, 1.807) is 42.5 Å². The Labute approximate surface area is 262 Å². The molecule has 45 heavy (non-hydrogen) atoms. The molecule has 1 saturated heterocycles. The van der Waals surface area contributed by atoms with Gasteiger partial charge in [-0.25, -0.2) is 0 Å². The highest BCUT2D eigenvalue weighted by atomic mass is 16.5. The van der Waals surface area contributed by atoms with Crippen molar-refractivity contribution in [2.75, 3.05) is 27.3 Å². The monoisotopic (exact) mass is 610 g/mol. The number of allylic oxidation sites excluding steroid dienone is 3. The number of likely N-dealkylation sites (tertiary alicyclic amines) is 1. The molecule has 2 aliphatic rings. The minimum atomic E-state index is -0.386. The van der Waals surface area contributed by atoms with Crippen LogP contribution in [0, 0.1) is 11.3 Å². The van der Waals surface area contributed by atoms with Gasteiger partial charge in [-0.15, -0.1) is 0 Å². The number of carbonyl (C=O) groups excluding carboxylic acids is 2. The molecule has 2 heterocycles. The molecule has 1 unspecified atom stereocenters. The summed E-state index contributed by atoms with van der Waals surface area (Å²) >= 11 is 0. The first kappa shape index (κ1) is 31.4. The van der Waals surface area contributed by atoms with E-state index in [0.717, 1.165) is 12.8 Å². The van der Waals surface area contributed by atoms with Crippen LogP contribution < -0.4 is 9.47 Å². The summed E-state index contributed by atoms with van der Waals surface area (Å²) in [7, 11) is 2.89. The van der Waals surface area contributed by atoms with Gasteiger partial charge in [-0.2, -0.15) is 0 Å². The summed E-state index contributed by atoms with van der Waals surface area (Å²) in [5.74, 6) is 0.574. The predicted molar refractivity (Wildman–Crippen MR) is 172 cm³/mol. The van der Waals surface area contributed by atoms with Crippen molar-refractivity contribution >= 4 is 29.9 Å². The van der Waals surface area contributed by atoms with Crippen molar-refractivity contribution in [2.24, 2.45) is 11.3 Å². The van der Waals surface area contributed by atoms with E-state index in [0.29, 0.717) is 28.0 Å². The molecule has 3 aromatic rings. The second kappa shape index (κ2) is 12.9. The van der Waals surface area contributed by atoms with Crippen LogP contribution in [0.3, 0.4) is 0 Å². The number of methoxy groups -OCH3 is 2. The predicted octanol–water partition coefficient (Wildman–Crippen LogP) is 6.69. The lowest BCUT2D eigenvalue weighted by atomic mass is 9.68. The number of ketones is 1. The minimum Gasteiger partial charge on any atom is -0.504 e. The smallest absolute Gasteiger partial charge is 0.276 e. The maximum atomic E-state index is 13.8. The van der Waals surface area contributed by atoms with Gasteiger partial charge in [-0.1, -0.05) is 48.9 Å². The second-order valence-electron chi connectivity index (χ2n) is 12.1. The van der Waals surface area contributed by atoms with Crippen molar-refractivity contribution in [3.8, 4) is 23.0 Å². The Morgan fingerprint density at radius 1 is 0.978 bits per heavy atom. The number of ether oxygens (including phenoxy) is 2. The summed E-state index contributed by atoms with van der Waals surface area (Å²) < 4.78 is 16.0. The highest BCUT2D eigenvalue weighted by Crippen LogP contribution is 2.42. The van der Waals surface area contributed by atoms with Gasteiger partial charge in [0.25, 0.3) is 5.91 Å². The van der Waals surface area contributed by atoms with Gasteiger partial charge in [0.1, 0.15) is 0 Å². The average Bonchev–Trinajstić information content (AvgIpc) is 3.49. The summed E-state index contributed by atoms with van der Waals surface area (Å²) in [6, 6.07) is 11.1. The molecule has 1 fully saturated rings. The van der Waals surface area contributed by atoms with Crippen molar-refractivity contribution in [1.29, 1.82) is 0 Å². The van der Waals surface area contributed by atoms with Gasteiger partial charge in [-0.05, 0) is 78.8 Å². The van der Waals surface area contributed by atoms with E-state index in [-0.39, 0.29) is 64.8 Å². The number of hydrogen-bond acceptors (Lipinski definition) is 8. The average molecular weight is 611 g/mol. The van der Waals surface area contributed by atoms with E-state index < -0.39 is 0 Å². The van der Waals surface area contributed by atoms with Gasteiger partial charge >= 0.3 is 0 Å². The van der Waals surface area contributed by atoms with E-state index >= 15 is 0 Å². The van der Waals surface area contributed by atoms with Gasteiger partial charge in [0.05, 0.1) is 27.3 Å². The summed E-state index contributed by atoms with van der Waals surface area (Å²) in [5, 5.41) is 24.1. The maximum Gasteiger partial charge on any atom is 0.276 e. The van der Waals surface area contributed by atoms with E-state index in [1.165, 1.54) is 36.8 Å².